The van der Waals surface area contributed by atoms with Crippen LogP contribution in [0.1, 0.15) is 29.2 Å². The summed E-state index contributed by atoms with van der Waals surface area (Å²) in [5, 5.41) is 15.5. The molecule has 3 rings (SSSR count). The van der Waals surface area contributed by atoms with Crippen LogP contribution in [-0.2, 0) is 0 Å². The van der Waals surface area contributed by atoms with Crippen molar-refractivity contribution in [1.29, 1.82) is 0 Å². The van der Waals surface area contributed by atoms with Gasteiger partial charge in [-0.25, -0.2) is 0 Å². The van der Waals surface area contributed by atoms with Crippen LogP contribution in [-0.4, -0.2) is 10.8 Å². The summed E-state index contributed by atoms with van der Waals surface area (Å²) in [4.78, 5) is 0. The van der Waals surface area contributed by atoms with Gasteiger partial charge in [-0.05, 0) is 25.1 Å². The van der Waals surface area contributed by atoms with E-state index in [0.29, 0.717) is 16.5 Å². The number of benzene rings is 2. The molecule has 0 bridgehead atoms. The molecule has 21 heavy (non-hydrogen) atoms. The maximum Gasteiger partial charge on any atom is 0.120 e. The monoisotopic (exact) mass is 320 g/mol. The second-order valence-corrected chi connectivity index (χ2v) is 5.97. The third-order valence-corrected chi connectivity index (χ3v) is 4.10. The van der Waals surface area contributed by atoms with E-state index in [-0.39, 0.29) is 11.8 Å². The number of nitrogens with zero attached hydrogens (tertiary/aromatic N) is 1. The van der Waals surface area contributed by atoms with Crippen molar-refractivity contribution in [2.75, 3.05) is 0 Å². The van der Waals surface area contributed by atoms with Gasteiger partial charge in [-0.2, -0.15) is 5.10 Å². The quantitative estimate of drug-likeness (QED) is 0.858. The second kappa shape index (κ2) is 5.58. The summed E-state index contributed by atoms with van der Waals surface area (Å²) in [6.07, 6.45) is 0.665. The van der Waals surface area contributed by atoms with Gasteiger partial charge in [0.25, 0.3) is 0 Å². The number of phenols is 1. The molecule has 0 radical (unpaired) electrons. The molecular formula is C16H14Cl2N2O. The Labute approximate surface area is 133 Å². The van der Waals surface area contributed by atoms with Crippen LogP contribution in [0.4, 0.5) is 0 Å². The minimum absolute atomic E-state index is 0.0494. The summed E-state index contributed by atoms with van der Waals surface area (Å²) in [6, 6.07) is 10.9. The highest BCUT2D eigenvalue weighted by Gasteiger charge is 2.24. The standard InChI is InChI=1S/C16H14Cl2N2O/c1-9-2-5-16(21)12(6-9)15-8-14(19-20-15)11-4-3-10(17)7-13(11)18/h2-7,15,20-21H,8H2,1H3. The summed E-state index contributed by atoms with van der Waals surface area (Å²) in [6.45, 7) is 2.00. The number of hydrogen-bond donors (Lipinski definition) is 2. The largest absolute Gasteiger partial charge is 0.508 e. The van der Waals surface area contributed by atoms with Gasteiger partial charge in [0.05, 0.1) is 16.8 Å². The first-order valence-electron chi connectivity index (χ1n) is 6.61. The van der Waals surface area contributed by atoms with Crippen LogP contribution in [0.25, 0.3) is 0 Å². The fourth-order valence-electron chi connectivity index (χ4n) is 2.47. The molecule has 5 heteroatoms. The third kappa shape index (κ3) is 2.85. The van der Waals surface area contributed by atoms with Gasteiger partial charge in [0.1, 0.15) is 5.75 Å². The minimum Gasteiger partial charge on any atom is -0.508 e. The summed E-state index contributed by atoms with van der Waals surface area (Å²) in [5.74, 6) is 0.275. The predicted molar refractivity (Wildman–Crippen MR) is 86.3 cm³/mol. The van der Waals surface area contributed by atoms with Gasteiger partial charge in [0.2, 0.25) is 0 Å². The molecule has 1 heterocycles. The molecule has 0 saturated heterocycles. The molecule has 2 aromatic carbocycles. The zero-order valence-corrected chi connectivity index (χ0v) is 12.9. The van der Waals surface area contributed by atoms with Crippen molar-refractivity contribution in [2.24, 2.45) is 5.10 Å². The molecule has 2 N–H and O–H groups in total. The number of aromatic hydroxyl groups is 1. The Balaban J connectivity index is 1.86. The zero-order chi connectivity index (χ0) is 15.0. The van der Waals surface area contributed by atoms with Gasteiger partial charge >= 0.3 is 0 Å². The molecule has 3 nitrogen and oxygen atoms in total. The average molecular weight is 321 g/mol. The van der Waals surface area contributed by atoms with Crippen molar-refractivity contribution in [1.82, 2.24) is 5.43 Å². The van der Waals surface area contributed by atoms with E-state index in [9.17, 15) is 5.11 Å². The number of nitrogens with one attached hydrogen (secondary N) is 1. The lowest BCUT2D eigenvalue weighted by Crippen LogP contribution is -2.10. The fourth-order valence-corrected chi connectivity index (χ4v) is 2.98. The summed E-state index contributed by atoms with van der Waals surface area (Å²) >= 11 is 12.1. The van der Waals surface area contributed by atoms with Crippen LogP contribution >= 0.6 is 23.2 Å². The lowest BCUT2D eigenvalue weighted by Gasteiger charge is -2.13. The first-order chi connectivity index (χ1) is 10.0. The van der Waals surface area contributed by atoms with E-state index in [0.717, 1.165) is 22.4 Å². The van der Waals surface area contributed by atoms with Gasteiger partial charge in [0.15, 0.2) is 0 Å². The Bertz CT molecular complexity index is 728. The predicted octanol–water partition coefficient (Wildman–Crippen LogP) is 4.45. The molecule has 0 spiro atoms. The second-order valence-electron chi connectivity index (χ2n) is 5.13. The van der Waals surface area contributed by atoms with Crippen molar-refractivity contribution in [3.8, 4) is 5.75 Å². The molecule has 0 aliphatic carbocycles. The molecule has 0 amide bonds. The van der Waals surface area contributed by atoms with Crippen LogP contribution in [0.15, 0.2) is 41.5 Å². The van der Waals surface area contributed by atoms with Crippen LogP contribution in [0.5, 0.6) is 5.75 Å². The molecule has 2 aromatic rings. The minimum atomic E-state index is -0.0494. The first kappa shape index (κ1) is 14.2. The van der Waals surface area contributed by atoms with Crippen molar-refractivity contribution in [3.05, 3.63) is 63.1 Å². The highest BCUT2D eigenvalue weighted by molar-refractivity contribution is 6.37. The Hall–Kier alpha value is -1.71. The van der Waals surface area contributed by atoms with Crippen LogP contribution in [0.3, 0.4) is 0 Å². The molecule has 0 aromatic heterocycles. The Kier molecular flexibility index (Phi) is 3.79. The highest BCUT2D eigenvalue weighted by Crippen LogP contribution is 2.33. The van der Waals surface area contributed by atoms with E-state index in [2.05, 4.69) is 10.5 Å². The van der Waals surface area contributed by atoms with E-state index in [1.807, 2.05) is 25.1 Å². The Morgan fingerprint density at radius 1 is 1.19 bits per heavy atom. The van der Waals surface area contributed by atoms with Gasteiger partial charge in [-0.1, -0.05) is 47.0 Å². The van der Waals surface area contributed by atoms with Crippen molar-refractivity contribution in [2.45, 2.75) is 19.4 Å². The fraction of sp³-hybridized carbons (Fsp3) is 0.188. The van der Waals surface area contributed by atoms with Gasteiger partial charge < -0.3 is 10.5 Å². The third-order valence-electron chi connectivity index (χ3n) is 3.55. The number of halogens is 2. The van der Waals surface area contributed by atoms with Crippen molar-refractivity contribution >= 4 is 28.9 Å². The highest BCUT2D eigenvalue weighted by atomic mass is 35.5. The van der Waals surface area contributed by atoms with E-state index in [1.165, 1.54) is 0 Å². The Morgan fingerprint density at radius 2 is 2.00 bits per heavy atom. The Morgan fingerprint density at radius 3 is 2.76 bits per heavy atom. The first-order valence-corrected chi connectivity index (χ1v) is 7.37. The summed E-state index contributed by atoms with van der Waals surface area (Å²) in [5.41, 5.74) is 6.74. The molecule has 108 valence electrons. The number of hydrazone groups is 1. The maximum absolute atomic E-state index is 10.0. The van der Waals surface area contributed by atoms with Gasteiger partial charge in [-0.15, -0.1) is 0 Å². The average Bonchev–Trinajstić information content (AvgIpc) is 2.91. The molecule has 1 atom stereocenters. The van der Waals surface area contributed by atoms with Crippen LogP contribution in [0, 0.1) is 6.92 Å². The van der Waals surface area contributed by atoms with E-state index in [1.54, 1.807) is 18.2 Å². The van der Waals surface area contributed by atoms with Gasteiger partial charge in [-0.3, -0.25) is 0 Å². The molecular weight excluding hydrogens is 307 g/mol. The van der Waals surface area contributed by atoms with Crippen molar-refractivity contribution < 1.29 is 5.11 Å². The van der Waals surface area contributed by atoms with E-state index < -0.39 is 0 Å². The van der Waals surface area contributed by atoms with Crippen molar-refractivity contribution in [3.63, 3.8) is 0 Å². The SMILES string of the molecule is Cc1ccc(O)c(C2CC(c3ccc(Cl)cc3Cl)=NN2)c1. The number of aryl methyl sites for hydroxylation is 1. The number of rotatable bonds is 2. The molecule has 1 unspecified atom stereocenters. The van der Waals surface area contributed by atoms with Gasteiger partial charge in [0, 0.05) is 22.6 Å². The lowest BCUT2D eigenvalue weighted by molar-refractivity contribution is 0.455. The number of phenolic OH excluding ortho intramolecular Hbond substituents is 1. The molecule has 1 aliphatic rings. The summed E-state index contributed by atoms with van der Waals surface area (Å²) in [7, 11) is 0. The van der Waals surface area contributed by atoms with E-state index >= 15 is 0 Å². The number of hydrogen-bond acceptors (Lipinski definition) is 3. The van der Waals surface area contributed by atoms with Crippen LogP contribution < -0.4 is 5.43 Å². The zero-order valence-electron chi connectivity index (χ0n) is 11.4. The maximum atomic E-state index is 10.0. The van der Waals surface area contributed by atoms with Crippen LogP contribution in [0.2, 0.25) is 10.0 Å². The smallest absolute Gasteiger partial charge is 0.120 e. The molecule has 0 fully saturated rings. The topological polar surface area (TPSA) is 44.6 Å². The van der Waals surface area contributed by atoms with E-state index in [4.69, 9.17) is 23.2 Å². The normalized spacial score (nSPS) is 17.5. The lowest BCUT2D eigenvalue weighted by atomic mass is 9.97. The molecule has 0 saturated carbocycles. The molecule has 1 aliphatic heterocycles. The summed E-state index contributed by atoms with van der Waals surface area (Å²) < 4.78 is 0.